The standard InChI is InChI=1S/C39H33ClF6N2O7S/c40-29-13-28(41)7-5-25(29)15-47(56(52,53)38-36(45)34(43)33(42)35(44)37(38)46)16-32(49)48(14-20-9-26(22-1-2-22)11-27(10-20)23-3-4-23)30-8-6-24(39(50)51)12-31(30)55-19-21-17-54-18-21/h5-13,21-23H,1-4,14-19H2,(H,50,51). The topological polar surface area (TPSA) is 113 Å². The van der Waals surface area contributed by atoms with Crippen LogP contribution in [0.4, 0.5) is 32.0 Å². The number of carbonyl (C=O) groups excluding carboxylic acids is 1. The zero-order valence-electron chi connectivity index (χ0n) is 29.3. The Morgan fingerprint density at radius 1 is 0.804 bits per heavy atom. The van der Waals surface area contributed by atoms with Crippen LogP contribution in [0.15, 0.2) is 59.5 Å². The Kier molecular flexibility index (Phi) is 11.1. The Morgan fingerprint density at radius 2 is 1.41 bits per heavy atom. The van der Waals surface area contributed by atoms with Crippen LogP contribution in [0.1, 0.15) is 70.1 Å². The minimum atomic E-state index is -5.78. The predicted octanol–water partition coefficient (Wildman–Crippen LogP) is 8.08. The van der Waals surface area contributed by atoms with E-state index in [-0.39, 0.29) is 51.0 Å². The number of hydrogen-bond donors (Lipinski definition) is 1. The fraction of sp³-hybridized carbons (Fsp3) is 0.333. The molecule has 0 aromatic heterocycles. The third-order valence-electron chi connectivity index (χ3n) is 9.90. The van der Waals surface area contributed by atoms with Crippen LogP contribution in [-0.2, 0) is 32.6 Å². The van der Waals surface area contributed by atoms with Crippen LogP contribution in [0, 0.1) is 40.8 Å². The van der Waals surface area contributed by atoms with E-state index in [0.29, 0.717) is 30.6 Å². The van der Waals surface area contributed by atoms with E-state index >= 15 is 8.78 Å². The number of anilines is 1. The van der Waals surface area contributed by atoms with Gasteiger partial charge in [-0.1, -0.05) is 35.9 Å². The third-order valence-corrected chi connectivity index (χ3v) is 12.1. The minimum absolute atomic E-state index is 0.00145. The molecule has 296 valence electrons. The van der Waals surface area contributed by atoms with Gasteiger partial charge in [-0.05, 0) is 90.1 Å². The second-order valence-corrected chi connectivity index (χ2v) is 16.4. The van der Waals surface area contributed by atoms with Gasteiger partial charge < -0.3 is 19.5 Å². The van der Waals surface area contributed by atoms with Crippen molar-refractivity contribution in [3.8, 4) is 5.75 Å². The number of sulfonamides is 1. The average molecular weight is 823 g/mol. The van der Waals surface area contributed by atoms with Gasteiger partial charge in [0, 0.05) is 17.5 Å². The molecule has 3 aliphatic rings. The number of aromatic carboxylic acids is 1. The van der Waals surface area contributed by atoms with Crippen LogP contribution >= 0.6 is 11.6 Å². The van der Waals surface area contributed by atoms with Gasteiger partial charge in [0.05, 0.1) is 44.2 Å². The van der Waals surface area contributed by atoms with Crippen LogP contribution in [-0.4, -0.2) is 56.1 Å². The molecule has 4 aromatic rings. The zero-order chi connectivity index (χ0) is 40.1. The number of ether oxygens (including phenoxy) is 2. The number of benzene rings is 4. The van der Waals surface area contributed by atoms with Crippen LogP contribution in [0.5, 0.6) is 5.75 Å². The number of hydrogen-bond acceptors (Lipinski definition) is 6. The summed E-state index contributed by atoms with van der Waals surface area (Å²) in [6, 6.07) is 12.3. The number of rotatable bonds is 15. The number of amides is 1. The maximum atomic E-state index is 15.2. The predicted molar refractivity (Wildman–Crippen MR) is 190 cm³/mol. The van der Waals surface area contributed by atoms with Gasteiger partial charge in [0.2, 0.25) is 21.7 Å². The molecule has 2 saturated carbocycles. The molecule has 17 heteroatoms. The van der Waals surface area contributed by atoms with Crippen LogP contribution < -0.4 is 9.64 Å². The van der Waals surface area contributed by atoms with E-state index in [1.807, 2.05) is 12.1 Å². The summed E-state index contributed by atoms with van der Waals surface area (Å²) in [6.07, 6.45) is 3.86. The van der Waals surface area contributed by atoms with Gasteiger partial charge in [0.25, 0.3) is 0 Å². The molecule has 2 aliphatic carbocycles. The molecular weight excluding hydrogens is 790 g/mol. The Balaban J connectivity index is 1.34. The van der Waals surface area contributed by atoms with Crippen molar-refractivity contribution in [3.05, 3.63) is 122 Å². The van der Waals surface area contributed by atoms with Crippen molar-refractivity contribution in [1.29, 1.82) is 0 Å². The second-order valence-electron chi connectivity index (χ2n) is 14.1. The smallest absolute Gasteiger partial charge is 0.335 e. The molecular formula is C39H33ClF6N2O7S. The van der Waals surface area contributed by atoms with E-state index in [1.165, 1.54) is 18.2 Å². The Bertz CT molecular complexity index is 2280. The summed E-state index contributed by atoms with van der Waals surface area (Å²) in [4.78, 5) is 25.6. The average Bonchev–Trinajstić information content (AvgIpc) is 4.06. The second kappa shape index (κ2) is 15.7. The number of carboxylic acid groups (broad SMARTS) is 1. The Labute approximate surface area is 322 Å². The van der Waals surface area contributed by atoms with E-state index in [0.717, 1.165) is 59.9 Å². The molecule has 56 heavy (non-hydrogen) atoms. The summed E-state index contributed by atoms with van der Waals surface area (Å²) in [5, 5.41) is 9.43. The third kappa shape index (κ3) is 8.24. The molecule has 0 radical (unpaired) electrons. The SMILES string of the molecule is O=C(O)c1ccc(N(Cc2cc(C3CC3)cc(C3CC3)c2)C(=O)CN(Cc2ccc(F)cc2Cl)S(=O)(=O)c2c(F)c(F)c(F)c(F)c2F)c(OCC2COC2)c1. The van der Waals surface area contributed by atoms with Crippen molar-refractivity contribution in [2.24, 2.45) is 5.92 Å². The van der Waals surface area contributed by atoms with Crippen molar-refractivity contribution in [1.82, 2.24) is 4.31 Å². The molecule has 1 heterocycles. The van der Waals surface area contributed by atoms with Crippen molar-refractivity contribution in [2.45, 2.75) is 55.5 Å². The molecule has 1 saturated heterocycles. The van der Waals surface area contributed by atoms with E-state index in [4.69, 9.17) is 21.1 Å². The number of carbonyl (C=O) groups is 2. The maximum absolute atomic E-state index is 15.2. The highest BCUT2D eigenvalue weighted by Gasteiger charge is 2.39. The fourth-order valence-electron chi connectivity index (χ4n) is 6.45. The highest BCUT2D eigenvalue weighted by Crippen LogP contribution is 2.46. The van der Waals surface area contributed by atoms with Crippen LogP contribution in [0.25, 0.3) is 0 Å². The van der Waals surface area contributed by atoms with Crippen LogP contribution in [0.2, 0.25) is 5.02 Å². The van der Waals surface area contributed by atoms with Crippen LogP contribution in [0.3, 0.4) is 0 Å². The Morgan fingerprint density at radius 3 is 1.95 bits per heavy atom. The van der Waals surface area contributed by atoms with Gasteiger partial charge in [-0.3, -0.25) is 4.79 Å². The molecule has 1 aliphatic heterocycles. The molecule has 9 nitrogen and oxygen atoms in total. The highest BCUT2D eigenvalue weighted by molar-refractivity contribution is 7.89. The number of nitrogens with zero attached hydrogens (tertiary/aromatic N) is 2. The molecule has 0 spiro atoms. The zero-order valence-corrected chi connectivity index (χ0v) is 30.9. The van der Waals surface area contributed by atoms with Crippen molar-refractivity contribution in [2.75, 3.05) is 31.3 Å². The lowest BCUT2D eigenvalue weighted by Gasteiger charge is -2.30. The number of halogens is 7. The molecule has 4 aromatic carbocycles. The van der Waals surface area contributed by atoms with E-state index < -0.39 is 74.8 Å². The first-order valence-corrected chi connectivity index (χ1v) is 19.4. The van der Waals surface area contributed by atoms with E-state index in [2.05, 4.69) is 6.07 Å². The van der Waals surface area contributed by atoms with Gasteiger partial charge in [-0.15, -0.1) is 0 Å². The lowest BCUT2D eigenvalue weighted by atomic mass is 9.99. The van der Waals surface area contributed by atoms with Gasteiger partial charge in [-0.25, -0.2) is 39.6 Å². The molecule has 7 rings (SSSR count). The maximum Gasteiger partial charge on any atom is 0.335 e. The molecule has 1 N–H and O–H groups in total. The summed E-state index contributed by atoms with van der Waals surface area (Å²) in [6.45, 7) is -1.70. The molecule has 0 unspecified atom stereocenters. The van der Waals surface area contributed by atoms with Crippen molar-refractivity contribution in [3.63, 3.8) is 0 Å². The first-order valence-electron chi connectivity index (χ1n) is 17.6. The Hall–Kier alpha value is -4.64. The summed E-state index contributed by atoms with van der Waals surface area (Å²) in [7, 11) is -5.78. The van der Waals surface area contributed by atoms with E-state index in [9.17, 15) is 40.7 Å². The molecule has 0 atom stereocenters. The summed E-state index contributed by atoms with van der Waals surface area (Å²) in [5.41, 5.74) is 2.33. The number of carboxylic acids is 1. The summed E-state index contributed by atoms with van der Waals surface area (Å²) < 4.78 is 127. The quantitative estimate of drug-likeness (QED) is 0.0733. The molecule has 0 bridgehead atoms. The minimum Gasteiger partial charge on any atom is -0.491 e. The molecule has 1 amide bonds. The van der Waals surface area contributed by atoms with Crippen molar-refractivity contribution >= 4 is 39.2 Å². The largest absolute Gasteiger partial charge is 0.491 e. The summed E-state index contributed by atoms with van der Waals surface area (Å²) in [5.74, 6) is -15.7. The monoisotopic (exact) mass is 822 g/mol. The lowest BCUT2D eigenvalue weighted by molar-refractivity contribution is -0.119. The highest BCUT2D eigenvalue weighted by atomic mass is 35.5. The summed E-state index contributed by atoms with van der Waals surface area (Å²) >= 11 is 6.19. The van der Waals surface area contributed by atoms with Gasteiger partial charge in [0.15, 0.2) is 28.2 Å². The lowest BCUT2D eigenvalue weighted by Crippen LogP contribution is -2.43. The van der Waals surface area contributed by atoms with Crippen molar-refractivity contribution < 1.29 is 58.9 Å². The first kappa shape index (κ1) is 39.6. The van der Waals surface area contributed by atoms with Gasteiger partial charge >= 0.3 is 5.97 Å². The fourth-order valence-corrected chi connectivity index (χ4v) is 8.16. The normalized spacial score (nSPS) is 15.9. The van der Waals surface area contributed by atoms with Gasteiger partial charge in [-0.2, -0.15) is 4.31 Å². The first-order chi connectivity index (χ1) is 26.6. The van der Waals surface area contributed by atoms with Gasteiger partial charge in [0.1, 0.15) is 11.6 Å². The van der Waals surface area contributed by atoms with E-state index in [1.54, 1.807) is 0 Å². The molecule has 3 fully saturated rings.